The van der Waals surface area contributed by atoms with Crippen LogP contribution in [0.3, 0.4) is 0 Å². The van der Waals surface area contributed by atoms with Crippen molar-refractivity contribution in [1.29, 1.82) is 0 Å². The standard InChI is InChI=1S/C16H25N3O/c1-2-6-15(17)16(20)18-11-13-9-10-19(12-13)14-7-4-3-5-8-14/h3-5,7-8,13,15H,2,6,9-12,17H2,1H3,(H,18,20). The number of carbonyl (C=O) groups is 1. The summed E-state index contributed by atoms with van der Waals surface area (Å²) in [5, 5.41) is 2.99. The van der Waals surface area contributed by atoms with Crippen molar-refractivity contribution in [1.82, 2.24) is 5.32 Å². The molecule has 1 fully saturated rings. The number of carbonyl (C=O) groups excluding carboxylic acids is 1. The van der Waals surface area contributed by atoms with Crippen LogP contribution >= 0.6 is 0 Å². The van der Waals surface area contributed by atoms with Gasteiger partial charge in [0.25, 0.3) is 0 Å². The van der Waals surface area contributed by atoms with E-state index in [1.165, 1.54) is 5.69 Å². The van der Waals surface area contributed by atoms with E-state index in [1.54, 1.807) is 0 Å². The average molecular weight is 275 g/mol. The minimum atomic E-state index is -0.355. The number of amides is 1. The van der Waals surface area contributed by atoms with E-state index in [9.17, 15) is 4.79 Å². The highest BCUT2D eigenvalue weighted by molar-refractivity contribution is 5.81. The maximum Gasteiger partial charge on any atom is 0.236 e. The SMILES string of the molecule is CCCC(N)C(=O)NCC1CCN(c2ccccc2)C1. The van der Waals surface area contributed by atoms with Gasteiger partial charge in [0.2, 0.25) is 5.91 Å². The van der Waals surface area contributed by atoms with Crippen molar-refractivity contribution in [2.45, 2.75) is 32.2 Å². The molecule has 1 heterocycles. The molecule has 0 bridgehead atoms. The third-order valence-corrected chi connectivity index (χ3v) is 3.91. The van der Waals surface area contributed by atoms with E-state index in [1.807, 2.05) is 13.0 Å². The third kappa shape index (κ3) is 3.97. The van der Waals surface area contributed by atoms with Gasteiger partial charge < -0.3 is 16.0 Å². The first-order chi connectivity index (χ1) is 9.70. The molecular formula is C16H25N3O. The van der Waals surface area contributed by atoms with Gasteiger partial charge in [-0.2, -0.15) is 0 Å². The fraction of sp³-hybridized carbons (Fsp3) is 0.562. The molecular weight excluding hydrogens is 250 g/mol. The lowest BCUT2D eigenvalue weighted by atomic mass is 10.1. The molecule has 4 nitrogen and oxygen atoms in total. The van der Waals surface area contributed by atoms with Crippen LogP contribution in [-0.2, 0) is 4.79 Å². The quantitative estimate of drug-likeness (QED) is 0.831. The third-order valence-electron chi connectivity index (χ3n) is 3.91. The summed E-state index contributed by atoms with van der Waals surface area (Å²) in [5.74, 6) is 0.512. The molecule has 20 heavy (non-hydrogen) atoms. The molecule has 0 aromatic heterocycles. The molecule has 0 spiro atoms. The topological polar surface area (TPSA) is 58.4 Å². The number of para-hydroxylation sites is 1. The Balaban J connectivity index is 1.75. The van der Waals surface area contributed by atoms with Gasteiger partial charge in [0, 0.05) is 25.3 Å². The van der Waals surface area contributed by atoms with Crippen molar-refractivity contribution in [3.8, 4) is 0 Å². The summed E-state index contributed by atoms with van der Waals surface area (Å²) in [7, 11) is 0. The molecule has 1 saturated heterocycles. The van der Waals surface area contributed by atoms with Crippen molar-refractivity contribution in [3.63, 3.8) is 0 Å². The van der Waals surface area contributed by atoms with Crippen LogP contribution in [0.5, 0.6) is 0 Å². The van der Waals surface area contributed by atoms with E-state index in [0.717, 1.165) is 38.9 Å². The maximum atomic E-state index is 11.8. The summed E-state index contributed by atoms with van der Waals surface area (Å²) in [5.41, 5.74) is 7.08. The molecule has 3 N–H and O–H groups in total. The Morgan fingerprint density at radius 2 is 2.20 bits per heavy atom. The molecule has 1 aromatic rings. The Morgan fingerprint density at radius 3 is 2.90 bits per heavy atom. The number of anilines is 1. The van der Waals surface area contributed by atoms with Gasteiger partial charge >= 0.3 is 0 Å². The highest BCUT2D eigenvalue weighted by Crippen LogP contribution is 2.22. The van der Waals surface area contributed by atoms with Crippen molar-refractivity contribution in [2.75, 3.05) is 24.5 Å². The Labute approximate surface area is 121 Å². The number of hydrogen-bond donors (Lipinski definition) is 2. The Morgan fingerprint density at radius 1 is 1.45 bits per heavy atom. The molecule has 0 aliphatic carbocycles. The van der Waals surface area contributed by atoms with Gasteiger partial charge in [0.1, 0.15) is 0 Å². The van der Waals surface area contributed by atoms with Crippen molar-refractivity contribution in [3.05, 3.63) is 30.3 Å². The van der Waals surface area contributed by atoms with E-state index in [0.29, 0.717) is 5.92 Å². The minimum Gasteiger partial charge on any atom is -0.371 e. The second-order valence-electron chi connectivity index (χ2n) is 5.58. The molecule has 2 rings (SSSR count). The average Bonchev–Trinajstić information content (AvgIpc) is 2.95. The number of nitrogens with zero attached hydrogens (tertiary/aromatic N) is 1. The number of hydrogen-bond acceptors (Lipinski definition) is 3. The van der Waals surface area contributed by atoms with Crippen molar-refractivity contribution < 1.29 is 4.79 Å². The lowest BCUT2D eigenvalue weighted by molar-refractivity contribution is -0.122. The van der Waals surface area contributed by atoms with Gasteiger partial charge in [-0.25, -0.2) is 0 Å². The van der Waals surface area contributed by atoms with Crippen molar-refractivity contribution >= 4 is 11.6 Å². The van der Waals surface area contributed by atoms with Crippen LogP contribution in [0, 0.1) is 5.92 Å². The fourth-order valence-corrected chi connectivity index (χ4v) is 2.69. The number of rotatable bonds is 6. The molecule has 110 valence electrons. The molecule has 0 saturated carbocycles. The normalized spacial score (nSPS) is 19.9. The zero-order valence-corrected chi connectivity index (χ0v) is 12.2. The predicted octanol–water partition coefficient (Wildman–Crippen LogP) is 1.76. The Bertz CT molecular complexity index is 421. The van der Waals surface area contributed by atoms with Gasteiger partial charge in [-0.1, -0.05) is 31.5 Å². The number of nitrogens with one attached hydrogen (secondary N) is 1. The Kier molecular flexibility index (Phi) is 5.41. The van der Waals surface area contributed by atoms with Crippen LogP contribution < -0.4 is 16.0 Å². The van der Waals surface area contributed by atoms with Crippen LogP contribution in [0.4, 0.5) is 5.69 Å². The van der Waals surface area contributed by atoms with E-state index >= 15 is 0 Å². The minimum absolute atomic E-state index is 0.00925. The van der Waals surface area contributed by atoms with Gasteiger partial charge in [-0.15, -0.1) is 0 Å². The second kappa shape index (κ2) is 7.29. The smallest absolute Gasteiger partial charge is 0.236 e. The molecule has 0 radical (unpaired) electrons. The molecule has 2 atom stereocenters. The van der Waals surface area contributed by atoms with Gasteiger partial charge in [0.05, 0.1) is 6.04 Å². The summed E-state index contributed by atoms with van der Waals surface area (Å²) in [6, 6.07) is 10.1. The highest BCUT2D eigenvalue weighted by atomic mass is 16.2. The molecule has 1 amide bonds. The highest BCUT2D eigenvalue weighted by Gasteiger charge is 2.23. The van der Waals surface area contributed by atoms with Crippen LogP contribution in [0.25, 0.3) is 0 Å². The summed E-state index contributed by atoms with van der Waals surface area (Å²) >= 11 is 0. The zero-order chi connectivity index (χ0) is 14.4. The molecule has 4 heteroatoms. The van der Waals surface area contributed by atoms with Gasteiger partial charge in [-0.05, 0) is 30.9 Å². The number of nitrogens with two attached hydrogens (primary N) is 1. The predicted molar refractivity (Wildman–Crippen MR) is 82.7 cm³/mol. The lowest BCUT2D eigenvalue weighted by Crippen LogP contribution is -2.42. The van der Waals surface area contributed by atoms with E-state index in [4.69, 9.17) is 5.73 Å². The zero-order valence-electron chi connectivity index (χ0n) is 12.2. The van der Waals surface area contributed by atoms with E-state index < -0.39 is 0 Å². The maximum absolute atomic E-state index is 11.8. The van der Waals surface area contributed by atoms with E-state index in [2.05, 4.69) is 34.5 Å². The fourth-order valence-electron chi connectivity index (χ4n) is 2.69. The van der Waals surface area contributed by atoms with Gasteiger partial charge in [-0.3, -0.25) is 4.79 Å². The van der Waals surface area contributed by atoms with Crippen LogP contribution in [0.15, 0.2) is 30.3 Å². The van der Waals surface area contributed by atoms with Crippen molar-refractivity contribution in [2.24, 2.45) is 11.7 Å². The first kappa shape index (κ1) is 14.9. The summed E-state index contributed by atoms with van der Waals surface area (Å²) in [4.78, 5) is 14.2. The lowest BCUT2D eigenvalue weighted by Gasteiger charge is -2.19. The second-order valence-corrected chi connectivity index (χ2v) is 5.58. The first-order valence-electron chi connectivity index (χ1n) is 7.54. The number of benzene rings is 1. The van der Waals surface area contributed by atoms with Crippen LogP contribution in [-0.4, -0.2) is 31.6 Å². The Hall–Kier alpha value is -1.55. The summed E-state index contributed by atoms with van der Waals surface area (Å²) in [6.07, 6.45) is 2.82. The van der Waals surface area contributed by atoms with Gasteiger partial charge in [0.15, 0.2) is 0 Å². The molecule has 1 aliphatic heterocycles. The molecule has 2 unspecified atom stereocenters. The molecule has 1 aromatic carbocycles. The molecule has 1 aliphatic rings. The summed E-state index contributed by atoms with van der Waals surface area (Å²) < 4.78 is 0. The van der Waals surface area contributed by atoms with Crippen LogP contribution in [0.1, 0.15) is 26.2 Å². The summed E-state index contributed by atoms with van der Waals surface area (Å²) in [6.45, 7) is 4.85. The van der Waals surface area contributed by atoms with E-state index in [-0.39, 0.29) is 11.9 Å². The first-order valence-corrected chi connectivity index (χ1v) is 7.54. The monoisotopic (exact) mass is 275 g/mol. The van der Waals surface area contributed by atoms with Crippen LogP contribution in [0.2, 0.25) is 0 Å². The largest absolute Gasteiger partial charge is 0.371 e.